The Balaban J connectivity index is 1.94. The highest BCUT2D eigenvalue weighted by atomic mass is 32.2. The summed E-state index contributed by atoms with van der Waals surface area (Å²) in [5.41, 5.74) is 4.49. The molecular weight excluding hydrogens is 534 g/mol. The van der Waals surface area contributed by atoms with Gasteiger partial charge in [-0.3, -0.25) is 18.9 Å². The number of ketones is 1. The Labute approximate surface area is 226 Å². The molecule has 8 nitrogen and oxygen atoms in total. The summed E-state index contributed by atoms with van der Waals surface area (Å²) in [6.45, 7) is 10.7. The topological polar surface area (TPSA) is 124 Å². The van der Waals surface area contributed by atoms with Crippen LogP contribution in [0.1, 0.15) is 52.6 Å². The van der Waals surface area contributed by atoms with Crippen LogP contribution in [0.4, 0.5) is 8.78 Å². The van der Waals surface area contributed by atoms with Gasteiger partial charge >= 0.3 is 27.3 Å². The molecule has 3 rings (SSSR count). The number of alkyl halides is 2. The van der Waals surface area contributed by atoms with Gasteiger partial charge in [0, 0.05) is 5.92 Å². The summed E-state index contributed by atoms with van der Waals surface area (Å²) in [5, 5.41) is -5.10. The molecule has 1 aliphatic rings. The van der Waals surface area contributed by atoms with Crippen molar-refractivity contribution in [3.05, 3.63) is 57.6 Å². The molecule has 212 valence electrons. The third-order valence-corrected chi connectivity index (χ3v) is 7.82. The zero-order valence-electron chi connectivity index (χ0n) is 22.6. The number of rotatable bonds is 7. The van der Waals surface area contributed by atoms with Crippen molar-refractivity contribution in [3.8, 4) is 11.5 Å². The van der Waals surface area contributed by atoms with Crippen LogP contribution in [0, 0.1) is 59.3 Å². The minimum absolute atomic E-state index is 0.160. The predicted molar refractivity (Wildman–Crippen MR) is 138 cm³/mol. The van der Waals surface area contributed by atoms with Gasteiger partial charge in [0.05, 0.1) is 11.8 Å². The zero-order chi connectivity index (χ0) is 29.4. The molecule has 2 atom stereocenters. The third kappa shape index (κ3) is 6.52. The smallest absolute Gasteiger partial charge is 0.426 e. The maximum absolute atomic E-state index is 14.3. The summed E-state index contributed by atoms with van der Waals surface area (Å²) in [5.74, 6) is -7.36. The minimum Gasteiger partial charge on any atom is -0.426 e. The van der Waals surface area contributed by atoms with E-state index in [0.29, 0.717) is 22.3 Å². The van der Waals surface area contributed by atoms with E-state index in [4.69, 9.17) is 14.0 Å². The van der Waals surface area contributed by atoms with Crippen molar-refractivity contribution >= 4 is 27.8 Å². The fourth-order valence-corrected chi connectivity index (χ4v) is 5.73. The molecule has 0 spiro atoms. The summed E-state index contributed by atoms with van der Waals surface area (Å²) in [6, 6.07) is 7.17. The SMILES string of the molecule is Cc1cc(C)c(OC(=O)C2CC(C(=O)Oc3c(C)cc(C)cc3C)CC(C(=O)C(F)(F)S(=O)(=O)O)C2)c(C)c1. The molecule has 0 saturated heterocycles. The number of hydrogen-bond donors (Lipinski definition) is 1. The van der Waals surface area contributed by atoms with Gasteiger partial charge in [0.25, 0.3) is 0 Å². The molecule has 1 saturated carbocycles. The van der Waals surface area contributed by atoms with Crippen LogP contribution >= 0.6 is 0 Å². The highest BCUT2D eigenvalue weighted by Crippen LogP contribution is 2.40. The van der Waals surface area contributed by atoms with Crippen LogP contribution in [0.3, 0.4) is 0 Å². The Morgan fingerprint density at radius 2 is 1.03 bits per heavy atom. The number of carbonyl (C=O) groups is 3. The van der Waals surface area contributed by atoms with E-state index in [0.717, 1.165) is 11.1 Å². The highest BCUT2D eigenvalue weighted by Gasteiger charge is 2.56. The van der Waals surface area contributed by atoms with Crippen molar-refractivity contribution in [2.24, 2.45) is 17.8 Å². The molecule has 0 radical (unpaired) electrons. The standard InChI is InChI=1S/C28H32F2O8S/c1-14-7-16(3)23(17(4)8-14)37-26(32)21-11-20(25(31)28(29,30)39(34,35)36)12-22(13-21)27(33)38-24-18(5)9-15(2)10-19(24)6/h7-10,20-22H,11-13H2,1-6H3,(H,34,35,36). The first-order valence-corrected chi connectivity index (χ1v) is 13.8. The van der Waals surface area contributed by atoms with Crippen LogP contribution in [-0.4, -0.2) is 35.9 Å². The van der Waals surface area contributed by atoms with Gasteiger partial charge in [-0.15, -0.1) is 0 Å². The quantitative estimate of drug-likeness (QED) is 0.278. The molecule has 1 N–H and O–H groups in total. The summed E-state index contributed by atoms with van der Waals surface area (Å²) in [7, 11) is -6.07. The van der Waals surface area contributed by atoms with Gasteiger partial charge in [-0.2, -0.15) is 17.2 Å². The maximum Gasteiger partial charge on any atom is 0.426 e. The van der Waals surface area contributed by atoms with Crippen LogP contribution in [-0.2, 0) is 24.5 Å². The van der Waals surface area contributed by atoms with E-state index >= 15 is 0 Å². The molecule has 1 fully saturated rings. The number of halogens is 2. The summed E-state index contributed by atoms with van der Waals surface area (Å²) < 4.78 is 71.3. The largest absolute Gasteiger partial charge is 0.426 e. The van der Waals surface area contributed by atoms with Gasteiger partial charge in [0.1, 0.15) is 11.5 Å². The van der Waals surface area contributed by atoms with Crippen molar-refractivity contribution in [1.29, 1.82) is 0 Å². The van der Waals surface area contributed by atoms with Gasteiger partial charge in [0.2, 0.25) is 5.78 Å². The van der Waals surface area contributed by atoms with Crippen LogP contribution < -0.4 is 9.47 Å². The lowest BCUT2D eigenvalue weighted by Crippen LogP contribution is -2.46. The van der Waals surface area contributed by atoms with Crippen molar-refractivity contribution in [3.63, 3.8) is 0 Å². The molecule has 0 aromatic heterocycles. The predicted octanol–water partition coefficient (Wildman–Crippen LogP) is 5.13. The van der Waals surface area contributed by atoms with Crippen molar-refractivity contribution in [2.75, 3.05) is 0 Å². The first-order chi connectivity index (χ1) is 17.9. The maximum atomic E-state index is 14.3. The van der Waals surface area contributed by atoms with Crippen LogP contribution in [0.25, 0.3) is 0 Å². The molecule has 39 heavy (non-hydrogen) atoms. The number of hydrogen-bond acceptors (Lipinski definition) is 7. The van der Waals surface area contributed by atoms with E-state index in [9.17, 15) is 31.6 Å². The van der Waals surface area contributed by atoms with Crippen molar-refractivity contribution < 1.29 is 45.6 Å². The minimum atomic E-state index is -6.07. The third-order valence-electron chi connectivity index (χ3n) is 6.97. The van der Waals surface area contributed by atoms with Crippen LogP contribution in [0.15, 0.2) is 24.3 Å². The molecule has 0 aliphatic heterocycles. The van der Waals surface area contributed by atoms with Gasteiger partial charge in [-0.1, -0.05) is 35.4 Å². The highest BCUT2D eigenvalue weighted by molar-refractivity contribution is 7.87. The number of benzene rings is 2. The van der Waals surface area contributed by atoms with Crippen molar-refractivity contribution in [2.45, 2.75) is 66.1 Å². The molecule has 2 aromatic carbocycles. The molecule has 0 heterocycles. The molecule has 11 heteroatoms. The second-order valence-electron chi connectivity index (χ2n) is 10.5. The normalized spacial score (nSPS) is 19.9. The van der Waals surface area contributed by atoms with Gasteiger partial charge < -0.3 is 9.47 Å². The summed E-state index contributed by atoms with van der Waals surface area (Å²) in [4.78, 5) is 39.0. The van der Waals surface area contributed by atoms with E-state index in [1.165, 1.54) is 0 Å². The summed E-state index contributed by atoms with van der Waals surface area (Å²) in [6.07, 6.45) is -1.13. The number of aryl methyl sites for hydroxylation is 6. The van der Waals surface area contributed by atoms with E-state index in [-0.39, 0.29) is 17.9 Å². The first kappa shape index (κ1) is 30.4. The average molecular weight is 567 g/mol. The molecule has 0 bridgehead atoms. The number of esters is 2. The number of Topliss-reactive ketones (excluding diaryl/α,β-unsaturated/α-hetero) is 1. The molecular formula is C28H32F2O8S. The number of ether oxygens (including phenoxy) is 2. The lowest BCUT2D eigenvalue weighted by Gasteiger charge is -2.33. The van der Waals surface area contributed by atoms with E-state index < -0.39 is 63.7 Å². The lowest BCUT2D eigenvalue weighted by atomic mass is 9.73. The zero-order valence-corrected chi connectivity index (χ0v) is 23.4. The number of carbonyl (C=O) groups excluding carboxylic acids is 3. The fourth-order valence-electron chi connectivity index (χ4n) is 5.31. The molecule has 1 aliphatic carbocycles. The van der Waals surface area contributed by atoms with Gasteiger partial charge in [0.15, 0.2) is 0 Å². The monoisotopic (exact) mass is 566 g/mol. The second kappa shape index (κ2) is 11.1. The average Bonchev–Trinajstić information content (AvgIpc) is 2.81. The Hall–Kier alpha value is -3.18. The fraction of sp³-hybridized carbons (Fsp3) is 0.464. The Bertz CT molecular complexity index is 1310. The van der Waals surface area contributed by atoms with Crippen molar-refractivity contribution in [1.82, 2.24) is 0 Å². The van der Waals surface area contributed by atoms with E-state index in [1.807, 2.05) is 13.8 Å². The van der Waals surface area contributed by atoms with Gasteiger partial charge in [-0.05, 0) is 83.1 Å². The molecule has 2 aromatic rings. The van der Waals surface area contributed by atoms with E-state index in [1.54, 1.807) is 52.0 Å². The second-order valence-corrected chi connectivity index (χ2v) is 11.9. The Kier molecular flexibility index (Phi) is 8.66. The van der Waals surface area contributed by atoms with Gasteiger partial charge in [-0.25, -0.2) is 0 Å². The lowest BCUT2D eigenvalue weighted by molar-refractivity contribution is -0.150. The Morgan fingerprint density at radius 1 is 0.718 bits per heavy atom. The first-order valence-electron chi connectivity index (χ1n) is 12.4. The summed E-state index contributed by atoms with van der Waals surface area (Å²) >= 11 is 0. The molecule has 0 amide bonds. The molecule has 2 unspecified atom stereocenters. The van der Waals surface area contributed by atoms with E-state index in [2.05, 4.69) is 0 Å². The van der Waals surface area contributed by atoms with Crippen LogP contribution in [0.2, 0.25) is 0 Å². The van der Waals surface area contributed by atoms with Crippen LogP contribution in [0.5, 0.6) is 11.5 Å². The Morgan fingerprint density at radius 3 is 1.33 bits per heavy atom.